The van der Waals surface area contributed by atoms with Crippen LogP contribution < -0.4 is 10.1 Å². The lowest BCUT2D eigenvalue weighted by atomic mass is 9.85. The fraction of sp³-hybridized carbons (Fsp3) is 0.345. The van der Waals surface area contributed by atoms with E-state index in [1.54, 1.807) is 0 Å². The van der Waals surface area contributed by atoms with Crippen molar-refractivity contribution in [1.82, 2.24) is 0 Å². The summed E-state index contributed by atoms with van der Waals surface area (Å²) >= 11 is 0. The summed E-state index contributed by atoms with van der Waals surface area (Å²) in [4.78, 5) is 12.7. The lowest BCUT2D eigenvalue weighted by molar-refractivity contribution is -0.117. The smallest absolute Gasteiger partial charge is 0.224 e. The van der Waals surface area contributed by atoms with Gasteiger partial charge < -0.3 is 10.1 Å². The molecule has 1 N–H and O–H groups in total. The molecule has 166 valence electrons. The highest BCUT2D eigenvalue weighted by Gasteiger charge is 2.32. The van der Waals surface area contributed by atoms with Crippen LogP contribution >= 0.6 is 0 Å². The quantitative estimate of drug-likeness (QED) is 0.479. The molecule has 0 fully saturated rings. The Morgan fingerprint density at radius 3 is 2.16 bits per heavy atom. The van der Waals surface area contributed by atoms with Crippen LogP contribution in [0.25, 0.3) is 11.1 Å². The molecule has 0 aliphatic carbocycles. The third-order valence-electron chi connectivity index (χ3n) is 6.42. The Balaban J connectivity index is 1.69. The summed E-state index contributed by atoms with van der Waals surface area (Å²) in [6.07, 6.45) is 0.489. The molecule has 0 aromatic heterocycles. The summed E-state index contributed by atoms with van der Waals surface area (Å²) in [7, 11) is 0. The van der Waals surface area contributed by atoms with Gasteiger partial charge in [0.15, 0.2) is 0 Å². The minimum Gasteiger partial charge on any atom is -0.492 e. The molecule has 3 heteroatoms. The van der Waals surface area contributed by atoms with E-state index in [0.717, 1.165) is 28.1 Å². The highest BCUT2D eigenvalue weighted by Crippen LogP contribution is 2.47. The topological polar surface area (TPSA) is 38.3 Å². The van der Waals surface area contributed by atoms with E-state index < -0.39 is 0 Å². The first-order valence-corrected chi connectivity index (χ1v) is 11.4. The van der Waals surface area contributed by atoms with Gasteiger partial charge in [-0.1, -0.05) is 75.4 Å². The normalized spacial score (nSPS) is 15.2. The molecule has 4 rings (SSSR count). The maximum atomic E-state index is 12.7. The first-order valence-electron chi connectivity index (χ1n) is 11.4. The van der Waals surface area contributed by atoms with Gasteiger partial charge in [0.2, 0.25) is 5.91 Å². The van der Waals surface area contributed by atoms with Crippen LogP contribution in [0.2, 0.25) is 0 Å². The second-order valence-electron chi connectivity index (χ2n) is 10.1. The summed E-state index contributed by atoms with van der Waals surface area (Å²) in [5.41, 5.74) is 9.06. The summed E-state index contributed by atoms with van der Waals surface area (Å²) in [5.74, 6) is 1.20. The van der Waals surface area contributed by atoms with Crippen molar-refractivity contribution in [2.24, 2.45) is 5.41 Å². The fourth-order valence-electron chi connectivity index (χ4n) is 4.66. The Bertz CT molecular complexity index is 1140. The Labute approximate surface area is 191 Å². The van der Waals surface area contributed by atoms with E-state index in [1.165, 1.54) is 22.3 Å². The van der Waals surface area contributed by atoms with E-state index in [1.807, 2.05) is 6.07 Å². The first-order chi connectivity index (χ1) is 15.2. The van der Waals surface area contributed by atoms with Crippen molar-refractivity contribution in [3.05, 3.63) is 82.4 Å². The minimum absolute atomic E-state index is 0.0518. The monoisotopic (exact) mass is 427 g/mol. The third-order valence-corrected chi connectivity index (χ3v) is 6.42. The van der Waals surface area contributed by atoms with Gasteiger partial charge in [-0.15, -0.1) is 0 Å². The number of benzene rings is 3. The standard InChI is InChI=1S/C29H33NO2/c1-18-19(2)28-26(20(3)27(18)30-25(31)16-29(4,5)6)24(17-32-28)23-14-12-22(13-15-23)21-10-8-7-9-11-21/h7-15,24H,16-17H2,1-6H3,(H,30,31). The molecule has 1 aliphatic heterocycles. The number of carbonyl (C=O) groups excluding carboxylic acids is 1. The molecule has 0 spiro atoms. The van der Waals surface area contributed by atoms with Gasteiger partial charge in [0.1, 0.15) is 5.75 Å². The molecule has 1 heterocycles. The molecule has 3 nitrogen and oxygen atoms in total. The van der Waals surface area contributed by atoms with Gasteiger partial charge in [-0.3, -0.25) is 4.79 Å². The van der Waals surface area contributed by atoms with Crippen molar-refractivity contribution in [1.29, 1.82) is 0 Å². The van der Waals surface area contributed by atoms with Crippen LogP contribution in [0, 0.1) is 26.2 Å². The third kappa shape index (κ3) is 4.29. The van der Waals surface area contributed by atoms with Gasteiger partial charge in [0, 0.05) is 23.6 Å². The average molecular weight is 428 g/mol. The van der Waals surface area contributed by atoms with Gasteiger partial charge in [-0.25, -0.2) is 0 Å². The predicted octanol–water partition coefficient (Wildman–Crippen LogP) is 7.18. The number of carbonyl (C=O) groups is 1. The molecule has 3 aromatic rings. The zero-order valence-corrected chi connectivity index (χ0v) is 20.0. The first kappa shape index (κ1) is 22.1. The van der Waals surface area contributed by atoms with Crippen molar-refractivity contribution in [3.8, 4) is 16.9 Å². The zero-order chi connectivity index (χ0) is 23.0. The van der Waals surface area contributed by atoms with Crippen molar-refractivity contribution in [2.45, 2.75) is 53.9 Å². The molecule has 1 aliphatic rings. The molecule has 0 radical (unpaired) electrons. The lowest BCUT2D eigenvalue weighted by Crippen LogP contribution is -2.21. The Morgan fingerprint density at radius 2 is 1.53 bits per heavy atom. The van der Waals surface area contributed by atoms with Gasteiger partial charge in [0.25, 0.3) is 0 Å². The molecule has 0 saturated carbocycles. The van der Waals surface area contributed by atoms with Gasteiger partial charge >= 0.3 is 0 Å². The summed E-state index contributed by atoms with van der Waals surface area (Å²) in [6.45, 7) is 13.2. The number of nitrogens with one attached hydrogen (secondary N) is 1. The Kier molecular flexibility index (Phi) is 5.85. The zero-order valence-electron chi connectivity index (χ0n) is 20.0. The highest BCUT2D eigenvalue weighted by molar-refractivity contribution is 5.93. The maximum absolute atomic E-state index is 12.7. The van der Waals surface area contributed by atoms with E-state index in [9.17, 15) is 4.79 Å². The number of rotatable bonds is 4. The molecule has 3 aromatic carbocycles. The summed E-state index contributed by atoms with van der Waals surface area (Å²) < 4.78 is 6.20. The SMILES string of the molecule is Cc1c(C)c2c(c(C)c1NC(=O)CC(C)(C)C)C(c1ccc(-c3ccccc3)cc1)CO2. The average Bonchev–Trinajstić information content (AvgIpc) is 3.20. The number of hydrogen-bond donors (Lipinski definition) is 1. The Hall–Kier alpha value is -3.07. The van der Waals surface area contributed by atoms with Crippen molar-refractivity contribution in [2.75, 3.05) is 11.9 Å². The van der Waals surface area contributed by atoms with Gasteiger partial charge in [0.05, 0.1) is 6.61 Å². The van der Waals surface area contributed by atoms with Crippen molar-refractivity contribution in [3.63, 3.8) is 0 Å². The van der Waals surface area contributed by atoms with E-state index >= 15 is 0 Å². The predicted molar refractivity (Wildman–Crippen MR) is 133 cm³/mol. The Morgan fingerprint density at radius 1 is 0.906 bits per heavy atom. The van der Waals surface area contributed by atoms with Crippen LogP contribution in [0.3, 0.4) is 0 Å². The molecule has 1 amide bonds. The number of amides is 1. The molecule has 0 saturated heterocycles. The molecular formula is C29H33NO2. The number of ether oxygens (including phenoxy) is 1. The fourth-order valence-corrected chi connectivity index (χ4v) is 4.66. The van der Waals surface area contributed by atoms with Crippen LogP contribution in [0.1, 0.15) is 60.9 Å². The van der Waals surface area contributed by atoms with Crippen LogP contribution in [0.5, 0.6) is 5.75 Å². The van der Waals surface area contributed by atoms with Crippen LogP contribution in [-0.4, -0.2) is 12.5 Å². The number of fused-ring (bicyclic) bond motifs is 1. The minimum atomic E-state index is -0.0518. The van der Waals surface area contributed by atoms with Gasteiger partial charge in [-0.05, 0) is 59.6 Å². The van der Waals surface area contributed by atoms with Crippen LogP contribution in [0.4, 0.5) is 5.69 Å². The second-order valence-corrected chi connectivity index (χ2v) is 10.1. The molecule has 32 heavy (non-hydrogen) atoms. The lowest BCUT2D eigenvalue weighted by Gasteiger charge is -2.22. The maximum Gasteiger partial charge on any atom is 0.224 e. The van der Waals surface area contributed by atoms with E-state index in [-0.39, 0.29) is 17.2 Å². The molecular weight excluding hydrogens is 394 g/mol. The summed E-state index contributed by atoms with van der Waals surface area (Å²) in [5, 5.41) is 3.21. The number of anilines is 1. The molecule has 0 bridgehead atoms. The van der Waals surface area contributed by atoms with Crippen molar-refractivity contribution >= 4 is 11.6 Å². The highest BCUT2D eigenvalue weighted by atomic mass is 16.5. The van der Waals surface area contributed by atoms with E-state index in [4.69, 9.17) is 4.74 Å². The van der Waals surface area contributed by atoms with E-state index in [2.05, 4.69) is 95.4 Å². The van der Waals surface area contributed by atoms with Crippen LogP contribution in [0.15, 0.2) is 54.6 Å². The number of hydrogen-bond acceptors (Lipinski definition) is 2. The second kappa shape index (κ2) is 8.46. The molecule has 1 unspecified atom stereocenters. The summed E-state index contributed by atoms with van der Waals surface area (Å²) in [6, 6.07) is 19.2. The van der Waals surface area contributed by atoms with Gasteiger partial charge in [-0.2, -0.15) is 0 Å². The van der Waals surface area contributed by atoms with Crippen LogP contribution in [-0.2, 0) is 4.79 Å². The van der Waals surface area contributed by atoms with E-state index in [0.29, 0.717) is 13.0 Å². The largest absolute Gasteiger partial charge is 0.492 e. The van der Waals surface area contributed by atoms with Crippen molar-refractivity contribution < 1.29 is 9.53 Å². The molecule has 1 atom stereocenters.